The minimum atomic E-state index is -0.0724. The highest BCUT2D eigenvalue weighted by Crippen LogP contribution is 2.11. The summed E-state index contributed by atoms with van der Waals surface area (Å²) in [6, 6.07) is 0. The van der Waals surface area contributed by atoms with Crippen molar-refractivity contribution in [2.75, 3.05) is 45.9 Å². The molecule has 0 aromatic heterocycles. The van der Waals surface area contributed by atoms with Crippen LogP contribution < -0.4 is 10.6 Å². The molecule has 4 N–H and O–H groups in total. The third-order valence-electron chi connectivity index (χ3n) is 5.01. The lowest BCUT2D eigenvalue weighted by molar-refractivity contribution is -0.121. The average molecular weight is 416 g/mol. The Morgan fingerprint density at radius 3 is 1.48 bits per heavy atom. The maximum atomic E-state index is 11.8. The summed E-state index contributed by atoms with van der Waals surface area (Å²) in [5.74, 6) is -0.145. The van der Waals surface area contributed by atoms with Crippen LogP contribution in [0, 0.1) is 0 Å². The number of unbranched alkanes of at least 4 members (excludes halogenated alkanes) is 9. The van der Waals surface area contributed by atoms with Crippen LogP contribution >= 0.6 is 0 Å². The molecule has 0 atom stereocenters. The van der Waals surface area contributed by atoms with Gasteiger partial charge in [-0.05, 0) is 13.0 Å². The van der Waals surface area contributed by atoms with E-state index in [-0.39, 0.29) is 38.1 Å². The summed E-state index contributed by atoms with van der Waals surface area (Å²) < 4.78 is 0. The summed E-state index contributed by atoms with van der Waals surface area (Å²) in [6.07, 6.45) is 13.6. The first kappa shape index (κ1) is 27.8. The van der Waals surface area contributed by atoms with Crippen LogP contribution in [0.4, 0.5) is 0 Å². The second-order valence-electron chi connectivity index (χ2n) is 7.67. The molecule has 0 aliphatic heterocycles. The maximum Gasteiger partial charge on any atom is 0.221 e. The van der Waals surface area contributed by atoms with Crippen LogP contribution in [-0.4, -0.2) is 72.9 Å². The van der Waals surface area contributed by atoms with Gasteiger partial charge in [0, 0.05) is 39.0 Å². The molecule has 0 unspecified atom stereocenters. The van der Waals surface area contributed by atoms with Crippen molar-refractivity contribution in [2.45, 2.75) is 84.0 Å². The van der Waals surface area contributed by atoms with Gasteiger partial charge in [0.05, 0.1) is 13.2 Å². The maximum absolute atomic E-state index is 11.8. The summed E-state index contributed by atoms with van der Waals surface area (Å²) in [4.78, 5) is 25.7. The molecule has 2 amide bonds. The molecular weight excluding hydrogens is 370 g/mol. The molecule has 7 heteroatoms. The second-order valence-corrected chi connectivity index (χ2v) is 7.67. The monoisotopic (exact) mass is 415 g/mol. The average Bonchev–Trinajstić information content (AvgIpc) is 2.73. The van der Waals surface area contributed by atoms with Gasteiger partial charge in [-0.3, -0.25) is 9.59 Å². The molecule has 172 valence electrons. The number of carbonyl (C=O) groups excluding carboxylic acids is 2. The zero-order chi connectivity index (χ0) is 21.6. The van der Waals surface area contributed by atoms with Crippen molar-refractivity contribution in [3.05, 3.63) is 0 Å². The van der Waals surface area contributed by atoms with Crippen LogP contribution in [-0.2, 0) is 9.59 Å². The van der Waals surface area contributed by atoms with Crippen LogP contribution in [0.1, 0.15) is 84.0 Å². The fourth-order valence-corrected chi connectivity index (χ4v) is 3.24. The van der Waals surface area contributed by atoms with Crippen molar-refractivity contribution < 1.29 is 19.8 Å². The normalized spacial score (nSPS) is 11.0. The lowest BCUT2D eigenvalue weighted by atomic mass is 10.1. The molecule has 7 nitrogen and oxygen atoms in total. The molecule has 0 aliphatic rings. The summed E-state index contributed by atoms with van der Waals surface area (Å²) in [7, 11) is 0. The molecule has 0 saturated carbocycles. The van der Waals surface area contributed by atoms with Gasteiger partial charge in [0.1, 0.15) is 0 Å². The SMILES string of the molecule is CCCCCCCCCCCCN(CCC(=O)NCCO)CCC(=O)NCCO. The number of hydrogen-bond acceptors (Lipinski definition) is 5. The van der Waals surface area contributed by atoms with E-state index >= 15 is 0 Å². The molecule has 0 fully saturated rings. The standard InChI is InChI=1S/C22H45N3O4/c1-2-3-4-5-6-7-8-9-10-11-16-25(17-12-21(28)23-14-19-26)18-13-22(29)24-15-20-27/h26-27H,2-20H2,1H3,(H,23,28)(H,24,29). The Hall–Kier alpha value is -1.18. The Morgan fingerprint density at radius 2 is 1.07 bits per heavy atom. The number of amides is 2. The molecule has 0 aromatic carbocycles. The molecule has 0 heterocycles. The number of aliphatic hydroxyl groups excluding tert-OH is 2. The van der Waals surface area contributed by atoms with E-state index < -0.39 is 0 Å². The van der Waals surface area contributed by atoms with E-state index in [4.69, 9.17) is 10.2 Å². The minimum Gasteiger partial charge on any atom is -0.395 e. The zero-order valence-electron chi connectivity index (χ0n) is 18.6. The molecule has 0 saturated heterocycles. The summed E-state index contributed by atoms with van der Waals surface area (Å²) >= 11 is 0. The van der Waals surface area contributed by atoms with Crippen LogP contribution in [0.5, 0.6) is 0 Å². The highest BCUT2D eigenvalue weighted by Gasteiger charge is 2.10. The van der Waals surface area contributed by atoms with Gasteiger partial charge in [-0.2, -0.15) is 0 Å². The lowest BCUT2D eigenvalue weighted by Crippen LogP contribution is -2.35. The molecule has 29 heavy (non-hydrogen) atoms. The van der Waals surface area contributed by atoms with Crippen molar-refractivity contribution >= 4 is 11.8 Å². The van der Waals surface area contributed by atoms with Gasteiger partial charge in [0.25, 0.3) is 0 Å². The number of nitrogens with one attached hydrogen (secondary N) is 2. The third-order valence-corrected chi connectivity index (χ3v) is 5.01. The van der Waals surface area contributed by atoms with Crippen LogP contribution in [0.3, 0.4) is 0 Å². The topological polar surface area (TPSA) is 102 Å². The van der Waals surface area contributed by atoms with E-state index in [1.807, 2.05) is 0 Å². The molecule has 0 radical (unpaired) electrons. The fourth-order valence-electron chi connectivity index (χ4n) is 3.24. The number of aliphatic hydroxyl groups is 2. The molecule has 0 rings (SSSR count). The van der Waals surface area contributed by atoms with Gasteiger partial charge in [-0.1, -0.05) is 64.7 Å². The second kappa shape index (κ2) is 21.5. The van der Waals surface area contributed by atoms with Gasteiger partial charge in [0.15, 0.2) is 0 Å². The number of hydrogen-bond donors (Lipinski definition) is 4. The van der Waals surface area contributed by atoms with E-state index in [0.29, 0.717) is 25.9 Å². The van der Waals surface area contributed by atoms with E-state index in [2.05, 4.69) is 22.5 Å². The highest BCUT2D eigenvalue weighted by molar-refractivity contribution is 5.76. The number of rotatable bonds is 21. The first-order valence-corrected chi connectivity index (χ1v) is 11.6. The van der Waals surface area contributed by atoms with E-state index in [9.17, 15) is 9.59 Å². The quantitative estimate of drug-likeness (QED) is 0.215. The summed E-state index contributed by atoms with van der Waals surface area (Å²) in [5.41, 5.74) is 0. The molecule has 0 bridgehead atoms. The summed E-state index contributed by atoms with van der Waals surface area (Å²) in [6.45, 7) is 4.80. The van der Waals surface area contributed by atoms with Crippen LogP contribution in [0.15, 0.2) is 0 Å². The first-order chi connectivity index (χ1) is 14.1. The van der Waals surface area contributed by atoms with Crippen molar-refractivity contribution in [3.8, 4) is 0 Å². The predicted octanol–water partition coefficient (Wildman–Crippen LogP) is 2.21. The van der Waals surface area contributed by atoms with Gasteiger partial charge >= 0.3 is 0 Å². The van der Waals surface area contributed by atoms with Crippen LogP contribution in [0.25, 0.3) is 0 Å². The van der Waals surface area contributed by atoms with Crippen molar-refractivity contribution in [1.29, 1.82) is 0 Å². The Bertz CT molecular complexity index is 370. The van der Waals surface area contributed by atoms with Gasteiger partial charge in [-0.15, -0.1) is 0 Å². The first-order valence-electron chi connectivity index (χ1n) is 11.6. The Kier molecular flexibility index (Phi) is 20.7. The van der Waals surface area contributed by atoms with Gasteiger partial charge < -0.3 is 25.7 Å². The fraction of sp³-hybridized carbons (Fsp3) is 0.909. The Labute approximate surface area is 177 Å². The smallest absolute Gasteiger partial charge is 0.221 e. The lowest BCUT2D eigenvalue weighted by Gasteiger charge is -2.22. The van der Waals surface area contributed by atoms with Crippen molar-refractivity contribution in [3.63, 3.8) is 0 Å². The largest absolute Gasteiger partial charge is 0.395 e. The van der Waals surface area contributed by atoms with E-state index in [1.54, 1.807) is 0 Å². The van der Waals surface area contributed by atoms with Crippen molar-refractivity contribution in [2.24, 2.45) is 0 Å². The zero-order valence-corrected chi connectivity index (χ0v) is 18.6. The molecule has 0 aliphatic carbocycles. The number of nitrogens with zero attached hydrogens (tertiary/aromatic N) is 1. The number of carbonyl (C=O) groups is 2. The van der Waals surface area contributed by atoms with E-state index in [1.165, 1.54) is 57.8 Å². The van der Waals surface area contributed by atoms with Gasteiger partial charge in [0.2, 0.25) is 11.8 Å². The van der Waals surface area contributed by atoms with Gasteiger partial charge in [-0.25, -0.2) is 0 Å². The third kappa shape index (κ3) is 19.9. The molecule has 0 spiro atoms. The highest BCUT2D eigenvalue weighted by atomic mass is 16.3. The molecule has 0 aromatic rings. The Morgan fingerprint density at radius 1 is 0.655 bits per heavy atom. The minimum absolute atomic E-state index is 0.0565. The van der Waals surface area contributed by atoms with Crippen molar-refractivity contribution in [1.82, 2.24) is 15.5 Å². The predicted molar refractivity (Wildman–Crippen MR) is 118 cm³/mol. The van der Waals surface area contributed by atoms with Crippen LogP contribution in [0.2, 0.25) is 0 Å². The summed E-state index contributed by atoms with van der Waals surface area (Å²) in [5, 5.41) is 22.9. The van der Waals surface area contributed by atoms with E-state index in [0.717, 1.165) is 13.0 Å². The molecular formula is C22H45N3O4. The Balaban J connectivity index is 4.00.